The summed E-state index contributed by atoms with van der Waals surface area (Å²) in [5.41, 5.74) is 4.32. The quantitative estimate of drug-likeness (QED) is 0.669. The maximum Gasteiger partial charge on any atom is 0.216 e. The zero-order chi connectivity index (χ0) is 18.8. The number of hydrogen-bond donors (Lipinski definition) is 0. The van der Waals surface area contributed by atoms with Crippen LogP contribution in [0.3, 0.4) is 0 Å². The number of hydrogen-bond acceptors (Lipinski definition) is 4. The fourth-order valence-corrected chi connectivity index (χ4v) is 3.54. The normalized spacial score (nSPS) is 20.9. The van der Waals surface area contributed by atoms with Gasteiger partial charge in [0, 0.05) is 11.1 Å². The maximum absolute atomic E-state index is 5.84. The fourth-order valence-electron chi connectivity index (χ4n) is 3.54. The lowest BCUT2D eigenvalue weighted by molar-refractivity contribution is 0.317. The minimum atomic E-state index is 0.00931. The summed E-state index contributed by atoms with van der Waals surface area (Å²) < 4.78 is 11.7. The van der Waals surface area contributed by atoms with Crippen molar-refractivity contribution in [2.45, 2.75) is 12.1 Å². The van der Waals surface area contributed by atoms with E-state index in [2.05, 4.69) is 24.3 Å². The van der Waals surface area contributed by atoms with Crippen LogP contribution in [-0.4, -0.2) is 25.0 Å². The van der Waals surface area contributed by atoms with Gasteiger partial charge in [-0.05, 0) is 35.4 Å². The molecule has 0 aromatic heterocycles. The molecular weight excluding hydrogens is 348 g/mol. The molecule has 2 aliphatic heterocycles. The Kier molecular flexibility index (Phi) is 4.37. The van der Waals surface area contributed by atoms with E-state index in [-0.39, 0.29) is 12.1 Å². The molecule has 3 aromatic carbocycles. The largest absolute Gasteiger partial charge is 0.475 e. The SMILES string of the molecule is c1ccc(C2=N[C@H](c3cccc([C@@H]4COC(c5ccccc5)=N4)c3)CO2)cc1. The summed E-state index contributed by atoms with van der Waals surface area (Å²) in [7, 11) is 0. The molecule has 0 aliphatic carbocycles. The molecule has 0 fully saturated rings. The highest BCUT2D eigenvalue weighted by Crippen LogP contribution is 2.30. The highest BCUT2D eigenvalue weighted by atomic mass is 16.5. The number of nitrogens with zero attached hydrogens (tertiary/aromatic N) is 2. The molecule has 0 amide bonds. The van der Waals surface area contributed by atoms with Crippen LogP contribution in [0.5, 0.6) is 0 Å². The summed E-state index contributed by atoms with van der Waals surface area (Å²) in [5.74, 6) is 1.43. The van der Waals surface area contributed by atoms with Crippen LogP contribution in [0.25, 0.3) is 0 Å². The van der Waals surface area contributed by atoms with Crippen molar-refractivity contribution >= 4 is 11.8 Å². The van der Waals surface area contributed by atoms with Crippen LogP contribution in [0.15, 0.2) is 94.9 Å². The Morgan fingerprint density at radius 3 is 1.50 bits per heavy atom. The number of benzene rings is 3. The molecule has 0 bridgehead atoms. The Labute approximate surface area is 164 Å². The molecule has 2 aliphatic rings. The predicted molar refractivity (Wildman–Crippen MR) is 110 cm³/mol. The smallest absolute Gasteiger partial charge is 0.216 e. The van der Waals surface area contributed by atoms with Crippen molar-refractivity contribution in [3.05, 3.63) is 107 Å². The van der Waals surface area contributed by atoms with Gasteiger partial charge in [-0.2, -0.15) is 0 Å². The van der Waals surface area contributed by atoms with Crippen molar-refractivity contribution < 1.29 is 9.47 Å². The van der Waals surface area contributed by atoms with Crippen LogP contribution >= 0.6 is 0 Å². The molecule has 0 saturated heterocycles. The van der Waals surface area contributed by atoms with E-state index in [1.807, 2.05) is 60.7 Å². The summed E-state index contributed by atoms with van der Waals surface area (Å²) in [4.78, 5) is 9.57. The summed E-state index contributed by atoms with van der Waals surface area (Å²) >= 11 is 0. The number of ether oxygens (including phenoxy) is 2. The maximum atomic E-state index is 5.84. The van der Waals surface area contributed by atoms with Crippen molar-refractivity contribution in [1.29, 1.82) is 0 Å². The van der Waals surface area contributed by atoms with E-state index < -0.39 is 0 Å². The van der Waals surface area contributed by atoms with Crippen LogP contribution in [0.1, 0.15) is 34.3 Å². The molecule has 4 heteroatoms. The minimum Gasteiger partial charge on any atom is -0.475 e. The molecular formula is C24H20N2O2. The van der Waals surface area contributed by atoms with Gasteiger partial charge in [-0.25, -0.2) is 9.98 Å². The first-order valence-electron chi connectivity index (χ1n) is 9.49. The number of rotatable bonds is 4. The van der Waals surface area contributed by atoms with E-state index in [0.29, 0.717) is 25.0 Å². The van der Waals surface area contributed by atoms with Gasteiger partial charge in [0.2, 0.25) is 11.8 Å². The first-order chi connectivity index (χ1) is 13.9. The molecule has 4 nitrogen and oxygen atoms in total. The molecule has 0 radical (unpaired) electrons. The van der Waals surface area contributed by atoms with E-state index in [9.17, 15) is 0 Å². The fraction of sp³-hybridized carbons (Fsp3) is 0.167. The van der Waals surface area contributed by atoms with E-state index in [0.717, 1.165) is 22.3 Å². The Morgan fingerprint density at radius 2 is 1.04 bits per heavy atom. The van der Waals surface area contributed by atoms with Gasteiger partial charge in [0.1, 0.15) is 25.3 Å². The Hall–Kier alpha value is -3.40. The van der Waals surface area contributed by atoms with Crippen LogP contribution in [0, 0.1) is 0 Å². The van der Waals surface area contributed by atoms with Crippen molar-refractivity contribution in [3.63, 3.8) is 0 Å². The predicted octanol–water partition coefficient (Wildman–Crippen LogP) is 4.72. The van der Waals surface area contributed by atoms with E-state index in [4.69, 9.17) is 19.5 Å². The highest BCUT2D eigenvalue weighted by Gasteiger charge is 2.25. The zero-order valence-corrected chi connectivity index (χ0v) is 15.4. The van der Waals surface area contributed by atoms with E-state index in [1.165, 1.54) is 0 Å². The van der Waals surface area contributed by atoms with E-state index in [1.54, 1.807) is 0 Å². The van der Waals surface area contributed by atoms with Crippen LogP contribution in [0.2, 0.25) is 0 Å². The molecule has 5 rings (SSSR count). The lowest BCUT2D eigenvalue weighted by Gasteiger charge is -2.10. The van der Waals surface area contributed by atoms with Crippen LogP contribution < -0.4 is 0 Å². The molecule has 2 atom stereocenters. The molecule has 28 heavy (non-hydrogen) atoms. The average Bonchev–Trinajstić information content (AvgIpc) is 3.46. The van der Waals surface area contributed by atoms with Gasteiger partial charge in [0.15, 0.2) is 0 Å². The zero-order valence-electron chi connectivity index (χ0n) is 15.4. The van der Waals surface area contributed by atoms with Gasteiger partial charge in [-0.3, -0.25) is 0 Å². The van der Waals surface area contributed by atoms with Crippen molar-refractivity contribution in [1.82, 2.24) is 0 Å². The third-order valence-corrected chi connectivity index (χ3v) is 5.02. The molecule has 2 heterocycles. The second kappa shape index (κ2) is 7.31. The standard InChI is InChI=1S/C24H20N2O2/c1-3-8-17(9-4-1)23-25-21(15-27-23)19-12-7-13-20(14-19)22-16-28-24(26-22)18-10-5-2-6-11-18/h1-14,21-22H,15-16H2/t21-,22-/m0/s1. The Balaban J connectivity index is 1.38. The van der Waals surface area contributed by atoms with Crippen LogP contribution in [0.4, 0.5) is 0 Å². The van der Waals surface area contributed by atoms with Gasteiger partial charge < -0.3 is 9.47 Å². The summed E-state index contributed by atoms with van der Waals surface area (Å²) in [6, 6.07) is 28.5. The van der Waals surface area contributed by atoms with Gasteiger partial charge in [0.25, 0.3) is 0 Å². The molecule has 0 saturated carbocycles. The van der Waals surface area contributed by atoms with Gasteiger partial charge in [-0.1, -0.05) is 60.7 Å². The summed E-state index contributed by atoms with van der Waals surface area (Å²) in [6.07, 6.45) is 0. The van der Waals surface area contributed by atoms with Gasteiger partial charge in [0.05, 0.1) is 0 Å². The molecule has 0 unspecified atom stereocenters. The van der Waals surface area contributed by atoms with E-state index >= 15 is 0 Å². The third-order valence-electron chi connectivity index (χ3n) is 5.02. The minimum absolute atomic E-state index is 0.00931. The lowest BCUT2D eigenvalue weighted by atomic mass is 10.0. The van der Waals surface area contributed by atoms with Crippen molar-refractivity contribution in [2.24, 2.45) is 9.98 Å². The van der Waals surface area contributed by atoms with Crippen LogP contribution in [-0.2, 0) is 9.47 Å². The molecule has 0 spiro atoms. The Morgan fingerprint density at radius 1 is 0.571 bits per heavy atom. The lowest BCUT2D eigenvalue weighted by Crippen LogP contribution is -2.03. The van der Waals surface area contributed by atoms with Crippen molar-refractivity contribution in [3.8, 4) is 0 Å². The topological polar surface area (TPSA) is 43.2 Å². The highest BCUT2D eigenvalue weighted by molar-refractivity contribution is 5.95. The average molecular weight is 368 g/mol. The number of aliphatic imine (C=N–C) groups is 2. The summed E-state index contributed by atoms with van der Waals surface area (Å²) in [5, 5.41) is 0. The van der Waals surface area contributed by atoms with Gasteiger partial charge >= 0.3 is 0 Å². The second-order valence-electron chi connectivity index (χ2n) is 6.92. The van der Waals surface area contributed by atoms with Gasteiger partial charge in [-0.15, -0.1) is 0 Å². The molecule has 0 N–H and O–H groups in total. The third kappa shape index (κ3) is 3.29. The Bertz CT molecular complexity index is 948. The first-order valence-corrected chi connectivity index (χ1v) is 9.49. The summed E-state index contributed by atoms with van der Waals surface area (Å²) in [6.45, 7) is 1.13. The first kappa shape index (κ1) is 16.8. The monoisotopic (exact) mass is 368 g/mol. The molecule has 138 valence electrons. The van der Waals surface area contributed by atoms with Crippen molar-refractivity contribution in [2.75, 3.05) is 13.2 Å². The second-order valence-corrected chi connectivity index (χ2v) is 6.92. The molecule has 3 aromatic rings.